The lowest BCUT2D eigenvalue weighted by molar-refractivity contribution is 0.256. The van der Waals surface area contributed by atoms with E-state index < -0.39 is 0 Å². The molecule has 4 nitrogen and oxygen atoms in total. The maximum absolute atomic E-state index is 9.56. The molecule has 19 heavy (non-hydrogen) atoms. The second kappa shape index (κ2) is 4.46. The van der Waals surface area contributed by atoms with Crippen LogP contribution in [0.3, 0.4) is 0 Å². The molecular formula is C14H13BrN4. The van der Waals surface area contributed by atoms with E-state index >= 15 is 0 Å². The van der Waals surface area contributed by atoms with Crippen LogP contribution in [-0.4, -0.2) is 14.8 Å². The van der Waals surface area contributed by atoms with Crippen LogP contribution in [0.15, 0.2) is 35.1 Å². The molecule has 0 spiro atoms. The van der Waals surface area contributed by atoms with Crippen molar-refractivity contribution in [3.8, 4) is 6.07 Å². The maximum Gasteiger partial charge on any atom is 0.135 e. The fraction of sp³-hybridized carbons (Fsp3) is 0.357. The number of benzene rings is 1. The molecule has 1 aromatic heterocycles. The van der Waals surface area contributed by atoms with Crippen LogP contribution in [0.1, 0.15) is 30.1 Å². The molecule has 0 atom stereocenters. The summed E-state index contributed by atoms with van der Waals surface area (Å²) in [4.78, 5) is 0. The number of hydrogen-bond acceptors (Lipinski definition) is 3. The highest BCUT2D eigenvalue weighted by atomic mass is 79.9. The highest BCUT2D eigenvalue weighted by Crippen LogP contribution is 2.51. The van der Waals surface area contributed by atoms with Gasteiger partial charge in [-0.2, -0.15) is 5.26 Å². The maximum atomic E-state index is 9.56. The van der Waals surface area contributed by atoms with E-state index in [1.807, 2.05) is 35.9 Å². The summed E-state index contributed by atoms with van der Waals surface area (Å²) < 4.78 is 2.95. The first-order valence-electron chi connectivity index (χ1n) is 6.16. The average Bonchev–Trinajstić information content (AvgIpc) is 2.75. The number of nitriles is 1. The molecule has 1 saturated carbocycles. The van der Waals surface area contributed by atoms with Crippen molar-refractivity contribution in [3.05, 3.63) is 46.5 Å². The molecule has 1 aliphatic rings. The van der Waals surface area contributed by atoms with Gasteiger partial charge in [0.1, 0.15) is 12.2 Å². The van der Waals surface area contributed by atoms with Gasteiger partial charge in [-0.1, -0.05) is 28.1 Å². The lowest BCUT2D eigenvalue weighted by atomic mass is 9.59. The van der Waals surface area contributed by atoms with Crippen molar-refractivity contribution < 1.29 is 0 Å². The standard InChI is InChI=1S/C14H13BrN4/c1-19-9-17-18-13(19)10-6-14(7-10,8-16)11-3-2-4-12(15)5-11/h2-5,9-10H,6-7H2,1H3. The Morgan fingerprint density at radius 1 is 1.47 bits per heavy atom. The Morgan fingerprint density at radius 2 is 2.26 bits per heavy atom. The minimum atomic E-state index is -0.375. The molecule has 1 heterocycles. The van der Waals surface area contributed by atoms with Gasteiger partial charge < -0.3 is 4.57 Å². The summed E-state index contributed by atoms with van der Waals surface area (Å²) in [6, 6.07) is 10.5. The number of hydrogen-bond donors (Lipinski definition) is 0. The van der Waals surface area contributed by atoms with Crippen LogP contribution in [0, 0.1) is 11.3 Å². The molecule has 0 bridgehead atoms. The van der Waals surface area contributed by atoms with Crippen molar-refractivity contribution in [2.24, 2.45) is 7.05 Å². The quantitative estimate of drug-likeness (QED) is 0.856. The van der Waals surface area contributed by atoms with Crippen molar-refractivity contribution >= 4 is 15.9 Å². The zero-order valence-electron chi connectivity index (χ0n) is 10.5. The molecule has 2 aromatic rings. The second-order valence-corrected chi connectivity index (χ2v) is 6.03. The molecule has 3 rings (SSSR count). The van der Waals surface area contributed by atoms with Crippen molar-refractivity contribution in [2.45, 2.75) is 24.2 Å². The van der Waals surface area contributed by atoms with Crippen molar-refractivity contribution in [1.82, 2.24) is 14.8 Å². The van der Waals surface area contributed by atoms with Gasteiger partial charge in [-0.05, 0) is 30.5 Å². The smallest absolute Gasteiger partial charge is 0.135 e. The molecule has 96 valence electrons. The Labute approximate surface area is 120 Å². The monoisotopic (exact) mass is 316 g/mol. The first-order chi connectivity index (χ1) is 9.14. The molecule has 0 radical (unpaired) electrons. The normalized spacial score (nSPS) is 25.6. The topological polar surface area (TPSA) is 54.5 Å². The zero-order valence-corrected chi connectivity index (χ0v) is 12.1. The van der Waals surface area contributed by atoms with Gasteiger partial charge in [0.25, 0.3) is 0 Å². The summed E-state index contributed by atoms with van der Waals surface area (Å²) >= 11 is 3.47. The second-order valence-electron chi connectivity index (χ2n) is 5.11. The van der Waals surface area contributed by atoms with E-state index in [1.54, 1.807) is 6.33 Å². The number of aromatic nitrogens is 3. The summed E-state index contributed by atoms with van der Waals surface area (Å²) in [7, 11) is 1.95. The summed E-state index contributed by atoms with van der Waals surface area (Å²) in [6.07, 6.45) is 3.33. The van der Waals surface area contributed by atoms with Gasteiger partial charge in [0.15, 0.2) is 0 Å². The molecule has 1 fully saturated rings. The van der Waals surface area contributed by atoms with Crippen LogP contribution in [0.2, 0.25) is 0 Å². The van der Waals surface area contributed by atoms with Crippen LogP contribution in [0.5, 0.6) is 0 Å². The fourth-order valence-electron chi connectivity index (χ4n) is 2.80. The van der Waals surface area contributed by atoms with E-state index in [0.29, 0.717) is 5.92 Å². The Morgan fingerprint density at radius 3 is 2.84 bits per heavy atom. The lowest BCUT2D eigenvalue weighted by Crippen LogP contribution is -2.39. The van der Waals surface area contributed by atoms with E-state index in [2.05, 4.69) is 32.2 Å². The van der Waals surface area contributed by atoms with Crippen LogP contribution in [-0.2, 0) is 12.5 Å². The predicted octanol–water partition coefficient (Wildman–Crippen LogP) is 2.92. The summed E-state index contributed by atoms with van der Waals surface area (Å²) in [5.41, 5.74) is 0.711. The minimum Gasteiger partial charge on any atom is -0.320 e. The highest BCUT2D eigenvalue weighted by Gasteiger charge is 2.48. The first kappa shape index (κ1) is 12.4. The SMILES string of the molecule is Cn1cnnc1C1CC(C#N)(c2cccc(Br)c2)C1. The molecule has 0 saturated heterocycles. The Kier molecular flexibility index (Phi) is 2.90. The summed E-state index contributed by atoms with van der Waals surface area (Å²) in [6.45, 7) is 0. The van der Waals surface area contributed by atoms with Crippen LogP contribution in [0.25, 0.3) is 0 Å². The molecule has 0 N–H and O–H groups in total. The number of aryl methyl sites for hydroxylation is 1. The van der Waals surface area contributed by atoms with Gasteiger partial charge >= 0.3 is 0 Å². The van der Waals surface area contributed by atoms with E-state index in [-0.39, 0.29) is 5.41 Å². The van der Waals surface area contributed by atoms with Gasteiger partial charge in [-0.3, -0.25) is 0 Å². The minimum absolute atomic E-state index is 0.325. The molecule has 0 unspecified atom stereocenters. The van der Waals surface area contributed by atoms with Crippen LogP contribution in [0.4, 0.5) is 0 Å². The van der Waals surface area contributed by atoms with Crippen molar-refractivity contribution in [3.63, 3.8) is 0 Å². The third-order valence-corrected chi connectivity index (χ3v) is 4.39. The zero-order chi connectivity index (χ0) is 13.5. The highest BCUT2D eigenvalue weighted by molar-refractivity contribution is 9.10. The van der Waals surface area contributed by atoms with E-state index in [9.17, 15) is 5.26 Å². The average molecular weight is 317 g/mol. The molecule has 0 aliphatic heterocycles. The summed E-state index contributed by atoms with van der Waals surface area (Å²) in [5.74, 6) is 1.30. The first-order valence-corrected chi connectivity index (χ1v) is 6.95. The largest absolute Gasteiger partial charge is 0.320 e. The Bertz CT molecular complexity index is 649. The Hall–Kier alpha value is -1.67. The van der Waals surface area contributed by atoms with Gasteiger partial charge in [-0.25, -0.2) is 0 Å². The molecular weight excluding hydrogens is 304 g/mol. The van der Waals surface area contributed by atoms with Gasteiger partial charge in [0.05, 0.1) is 11.5 Å². The van der Waals surface area contributed by atoms with Crippen LogP contribution < -0.4 is 0 Å². The predicted molar refractivity (Wildman–Crippen MR) is 74.4 cm³/mol. The molecule has 1 aliphatic carbocycles. The number of halogens is 1. The van der Waals surface area contributed by atoms with Gasteiger partial charge in [0, 0.05) is 17.4 Å². The van der Waals surface area contributed by atoms with E-state index in [1.165, 1.54) is 0 Å². The Balaban J connectivity index is 1.87. The van der Waals surface area contributed by atoms with Gasteiger partial charge in [0.2, 0.25) is 0 Å². The number of nitrogens with zero attached hydrogens (tertiary/aromatic N) is 4. The van der Waals surface area contributed by atoms with Gasteiger partial charge in [-0.15, -0.1) is 10.2 Å². The summed E-state index contributed by atoms with van der Waals surface area (Å²) in [5, 5.41) is 17.6. The number of rotatable bonds is 2. The van der Waals surface area contributed by atoms with Crippen molar-refractivity contribution in [1.29, 1.82) is 5.26 Å². The fourth-order valence-corrected chi connectivity index (χ4v) is 3.20. The molecule has 5 heteroatoms. The van der Waals surface area contributed by atoms with Crippen molar-refractivity contribution in [2.75, 3.05) is 0 Å². The third-order valence-electron chi connectivity index (χ3n) is 3.89. The van der Waals surface area contributed by atoms with E-state index in [0.717, 1.165) is 28.7 Å². The third kappa shape index (κ3) is 1.96. The molecule has 0 amide bonds. The molecule has 1 aromatic carbocycles. The lowest BCUT2D eigenvalue weighted by Gasteiger charge is -2.42. The van der Waals surface area contributed by atoms with Crippen LogP contribution >= 0.6 is 15.9 Å². The van der Waals surface area contributed by atoms with E-state index in [4.69, 9.17) is 0 Å².